The highest BCUT2D eigenvalue weighted by molar-refractivity contribution is 7.19. The lowest BCUT2D eigenvalue weighted by Crippen LogP contribution is -2.52. The van der Waals surface area contributed by atoms with Gasteiger partial charge in [0.05, 0.1) is 12.0 Å². The Hall–Kier alpha value is -3.64. The second kappa shape index (κ2) is 10.5. The summed E-state index contributed by atoms with van der Waals surface area (Å²) in [5.74, 6) is 0.0165. The molecule has 1 N–H and O–H groups in total. The Morgan fingerprint density at radius 1 is 0.917 bits per heavy atom. The fraction of sp³-hybridized carbons (Fsp3) is 0.267. The van der Waals surface area contributed by atoms with Crippen LogP contribution in [0.4, 0.5) is 4.79 Å². The Morgan fingerprint density at radius 3 is 2.25 bits per heavy atom. The monoisotopic (exact) mass is 498 g/mol. The molecule has 0 spiro atoms. The average molecular weight is 499 g/mol. The van der Waals surface area contributed by atoms with Gasteiger partial charge in [0.15, 0.2) is 0 Å². The highest BCUT2D eigenvalue weighted by Gasteiger charge is 2.44. The number of ether oxygens (including phenoxy) is 1. The number of amides is 2. The molecule has 0 radical (unpaired) electrons. The van der Waals surface area contributed by atoms with E-state index in [4.69, 9.17) is 4.74 Å². The van der Waals surface area contributed by atoms with Gasteiger partial charge in [0.2, 0.25) is 5.91 Å². The molecule has 2 amide bonds. The number of piperidine rings is 1. The van der Waals surface area contributed by atoms with Crippen LogP contribution < -0.4 is 5.32 Å². The number of carbonyl (C=O) groups is 2. The fourth-order valence-electron chi connectivity index (χ4n) is 5.01. The Kier molecular flexibility index (Phi) is 7.05. The van der Waals surface area contributed by atoms with E-state index in [0.29, 0.717) is 32.5 Å². The second-order valence-electron chi connectivity index (χ2n) is 9.30. The van der Waals surface area contributed by atoms with Gasteiger partial charge >= 0.3 is 6.09 Å². The second-order valence-corrected chi connectivity index (χ2v) is 10.4. The van der Waals surface area contributed by atoms with E-state index in [2.05, 4.69) is 24.4 Å². The molecule has 184 valence electrons. The maximum atomic E-state index is 13.8. The first-order chi connectivity index (χ1) is 17.6. The van der Waals surface area contributed by atoms with Crippen molar-refractivity contribution in [3.63, 3.8) is 0 Å². The number of hydrogen-bond acceptors (Lipinski definition) is 4. The molecule has 5 nitrogen and oxygen atoms in total. The fourth-order valence-corrected chi connectivity index (χ4v) is 6.16. The molecule has 6 heteroatoms. The van der Waals surface area contributed by atoms with Gasteiger partial charge in [0, 0.05) is 22.7 Å². The van der Waals surface area contributed by atoms with E-state index in [1.54, 1.807) is 16.2 Å². The van der Waals surface area contributed by atoms with E-state index in [0.717, 1.165) is 11.1 Å². The lowest BCUT2D eigenvalue weighted by Gasteiger charge is -2.40. The van der Waals surface area contributed by atoms with Crippen molar-refractivity contribution in [2.24, 2.45) is 0 Å². The van der Waals surface area contributed by atoms with Gasteiger partial charge in [-0.3, -0.25) is 4.79 Å². The molecule has 2 heterocycles. The number of hydrogen-bond donors (Lipinski definition) is 1. The molecular formula is C30H30N2O3S. The van der Waals surface area contributed by atoms with Crippen LogP contribution in [0.3, 0.4) is 0 Å². The lowest BCUT2D eigenvalue weighted by molar-refractivity contribution is -0.128. The first kappa shape index (κ1) is 24.1. The van der Waals surface area contributed by atoms with Crippen LogP contribution in [0, 0.1) is 6.92 Å². The Labute approximate surface area is 215 Å². The number of likely N-dealkylation sites (tertiary alicyclic amines) is 1. The van der Waals surface area contributed by atoms with E-state index >= 15 is 0 Å². The van der Waals surface area contributed by atoms with Crippen molar-refractivity contribution in [2.45, 2.75) is 38.3 Å². The van der Waals surface area contributed by atoms with Crippen molar-refractivity contribution in [1.82, 2.24) is 10.2 Å². The Balaban J connectivity index is 1.28. The van der Waals surface area contributed by atoms with Gasteiger partial charge in [0.25, 0.3) is 0 Å². The summed E-state index contributed by atoms with van der Waals surface area (Å²) in [4.78, 5) is 29.4. The highest BCUT2D eigenvalue weighted by atomic mass is 32.1. The first-order valence-corrected chi connectivity index (χ1v) is 13.1. The van der Waals surface area contributed by atoms with E-state index < -0.39 is 5.41 Å². The summed E-state index contributed by atoms with van der Waals surface area (Å²) in [6.45, 7) is 3.80. The van der Waals surface area contributed by atoms with E-state index in [1.807, 2.05) is 72.8 Å². The Bertz CT molecular complexity index is 1340. The summed E-state index contributed by atoms with van der Waals surface area (Å²) in [6, 6.07) is 28.0. The van der Waals surface area contributed by atoms with Gasteiger partial charge in [-0.25, -0.2) is 4.79 Å². The number of rotatable bonds is 6. The smallest absolute Gasteiger partial charge is 0.410 e. The number of carbonyl (C=O) groups excluding carboxylic acids is 2. The van der Waals surface area contributed by atoms with Gasteiger partial charge in [-0.2, -0.15) is 0 Å². The zero-order valence-corrected chi connectivity index (χ0v) is 21.2. The molecule has 0 atom stereocenters. The third-order valence-corrected chi connectivity index (χ3v) is 8.47. The van der Waals surface area contributed by atoms with Gasteiger partial charge < -0.3 is 15.0 Å². The summed E-state index contributed by atoms with van der Waals surface area (Å²) in [5, 5.41) is 4.48. The number of thiophene rings is 1. The minimum absolute atomic E-state index is 0.0165. The molecule has 0 saturated carbocycles. The maximum absolute atomic E-state index is 13.8. The van der Waals surface area contributed by atoms with Crippen molar-refractivity contribution in [3.05, 3.63) is 106 Å². The van der Waals surface area contributed by atoms with Crippen LogP contribution in [0.25, 0.3) is 10.1 Å². The average Bonchev–Trinajstić information content (AvgIpc) is 3.26. The van der Waals surface area contributed by atoms with E-state index in [-0.39, 0.29) is 18.6 Å². The Morgan fingerprint density at radius 2 is 1.56 bits per heavy atom. The molecule has 1 aromatic heterocycles. The molecule has 4 aromatic rings. The summed E-state index contributed by atoms with van der Waals surface area (Å²) in [6.07, 6.45) is 0.769. The number of aryl methyl sites for hydroxylation is 1. The summed E-state index contributed by atoms with van der Waals surface area (Å²) >= 11 is 1.73. The number of nitrogens with one attached hydrogen (secondary N) is 1. The molecule has 1 saturated heterocycles. The maximum Gasteiger partial charge on any atom is 0.410 e. The predicted octanol–water partition coefficient (Wildman–Crippen LogP) is 6.20. The van der Waals surface area contributed by atoms with Crippen LogP contribution >= 0.6 is 11.3 Å². The molecule has 1 aliphatic rings. The summed E-state index contributed by atoms with van der Waals surface area (Å²) in [7, 11) is 0. The molecule has 0 unspecified atom stereocenters. The van der Waals surface area contributed by atoms with Crippen LogP contribution in [-0.2, 0) is 28.1 Å². The quantitative estimate of drug-likeness (QED) is 0.345. The molecule has 36 heavy (non-hydrogen) atoms. The summed E-state index contributed by atoms with van der Waals surface area (Å²) in [5.41, 5.74) is 2.49. The van der Waals surface area contributed by atoms with E-state index in [1.165, 1.54) is 20.5 Å². The number of fused-ring (bicyclic) bond motifs is 1. The predicted molar refractivity (Wildman–Crippen MR) is 144 cm³/mol. The largest absolute Gasteiger partial charge is 0.445 e. The molecule has 3 aromatic carbocycles. The third kappa shape index (κ3) is 4.86. The van der Waals surface area contributed by atoms with Crippen molar-refractivity contribution >= 4 is 33.4 Å². The van der Waals surface area contributed by atoms with E-state index in [9.17, 15) is 9.59 Å². The van der Waals surface area contributed by atoms with Gasteiger partial charge in [-0.15, -0.1) is 11.3 Å². The molecular weight excluding hydrogens is 468 g/mol. The third-order valence-electron chi connectivity index (χ3n) is 7.19. The first-order valence-electron chi connectivity index (χ1n) is 12.3. The number of benzene rings is 3. The minimum atomic E-state index is -0.679. The molecule has 5 rings (SSSR count). The topological polar surface area (TPSA) is 58.6 Å². The van der Waals surface area contributed by atoms with Gasteiger partial charge in [-0.1, -0.05) is 78.9 Å². The molecule has 0 bridgehead atoms. The summed E-state index contributed by atoms with van der Waals surface area (Å²) < 4.78 is 6.77. The van der Waals surface area contributed by atoms with Crippen LogP contribution in [0.5, 0.6) is 0 Å². The van der Waals surface area contributed by atoms with Crippen LogP contribution in [0.15, 0.2) is 84.9 Å². The SMILES string of the molecule is Cc1c(CNC(=O)C2(c3ccccc3)CCN(C(=O)OCc3ccccc3)CC2)sc2ccccc12. The van der Waals surface area contributed by atoms with Crippen molar-refractivity contribution in [3.8, 4) is 0 Å². The van der Waals surface area contributed by atoms with Crippen molar-refractivity contribution in [2.75, 3.05) is 13.1 Å². The van der Waals surface area contributed by atoms with Gasteiger partial charge in [0.1, 0.15) is 6.61 Å². The van der Waals surface area contributed by atoms with Crippen LogP contribution in [0.2, 0.25) is 0 Å². The molecule has 1 aliphatic heterocycles. The lowest BCUT2D eigenvalue weighted by atomic mass is 9.72. The van der Waals surface area contributed by atoms with Crippen molar-refractivity contribution in [1.29, 1.82) is 0 Å². The van der Waals surface area contributed by atoms with Gasteiger partial charge in [-0.05, 0) is 47.9 Å². The standard InChI is InChI=1S/C30H30N2O3S/c1-22-25-14-8-9-15-26(25)36-27(22)20-31-28(33)30(24-12-6-3-7-13-24)16-18-32(19-17-30)29(34)35-21-23-10-4-2-5-11-23/h2-15H,16-21H2,1H3,(H,31,33). The van der Waals surface area contributed by atoms with Crippen LogP contribution in [0.1, 0.15) is 34.4 Å². The molecule has 0 aliphatic carbocycles. The van der Waals surface area contributed by atoms with Crippen molar-refractivity contribution < 1.29 is 14.3 Å². The minimum Gasteiger partial charge on any atom is -0.445 e. The van der Waals surface area contributed by atoms with Crippen LogP contribution in [-0.4, -0.2) is 30.0 Å². The molecule has 1 fully saturated rings. The zero-order valence-electron chi connectivity index (χ0n) is 20.4. The zero-order chi connectivity index (χ0) is 25.0. The highest BCUT2D eigenvalue weighted by Crippen LogP contribution is 2.37. The normalized spacial score (nSPS) is 15.0. The number of nitrogens with zero attached hydrogens (tertiary/aromatic N) is 1.